The molecule has 2 aromatic carbocycles. The molecule has 3 unspecified atom stereocenters. The van der Waals surface area contributed by atoms with Crippen molar-refractivity contribution in [3.63, 3.8) is 0 Å². The Kier molecular flexibility index (Phi) is 7.53. The number of amides is 2. The molecule has 176 valence electrons. The standard InChI is InChI=1S/C27H35N3O3/c1-3-4-17-30-25(31)15-14-23(26(30)22-12-8-9-13-24(22)33-2)27(32)29-18-16-21(19-29)28-20-10-6-5-7-11-20/h5-13,21,23,26,28H,3-4,14-19H2,1-2H3. The van der Waals surface area contributed by atoms with E-state index in [1.54, 1.807) is 7.11 Å². The van der Waals surface area contributed by atoms with Crippen molar-refractivity contribution >= 4 is 17.5 Å². The molecule has 2 heterocycles. The van der Waals surface area contributed by atoms with Crippen molar-refractivity contribution in [2.75, 3.05) is 32.1 Å². The minimum absolute atomic E-state index is 0.133. The quantitative estimate of drug-likeness (QED) is 0.645. The van der Waals surface area contributed by atoms with Crippen LogP contribution in [0.15, 0.2) is 54.6 Å². The number of carbonyl (C=O) groups is 2. The molecule has 1 N–H and O–H groups in total. The zero-order valence-electron chi connectivity index (χ0n) is 19.7. The number of para-hydroxylation sites is 2. The van der Waals surface area contributed by atoms with Crippen molar-refractivity contribution in [3.05, 3.63) is 60.2 Å². The highest BCUT2D eigenvalue weighted by Crippen LogP contribution is 2.42. The highest BCUT2D eigenvalue weighted by Gasteiger charge is 2.44. The van der Waals surface area contributed by atoms with Crippen LogP contribution in [0.5, 0.6) is 5.75 Å². The van der Waals surface area contributed by atoms with Crippen LogP contribution in [0.3, 0.4) is 0 Å². The predicted molar refractivity (Wildman–Crippen MR) is 130 cm³/mol. The average molecular weight is 450 g/mol. The molecule has 3 atom stereocenters. The number of methoxy groups -OCH3 is 1. The molecule has 0 spiro atoms. The SMILES string of the molecule is CCCCN1C(=O)CCC(C(=O)N2CCC(Nc3ccccc3)C2)C1c1ccccc1OC. The van der Waals surface area contributed by atoms with Crippen molar-refractivity contribution < 1.29 is 14.3 Å². The van der Waals surface area contributed by atoms with Crippen LogP contribution in [-0.2, 0) is 9.59 Å². The third-order valence-electron chi connectivity index (χ3n) is 6.88. The largest absolute Gasteiger partial charge is 0.496 e. The summed E-state index contributed by atoms with van der Waals surface area (Å²) in [5.41, 5.74) is 2.01. The molecule has 2 saturated heterocycles. The first kappa shape index (κ1) is 23.1. The number of ether oxygens (including phenoxy) is 1. The molecule has 2 amide bonds. The van der Waals surface area contributed by atoms with Crippen LogP contribution in [0.4, 0.5) is 5.69 Å². The Morgan fingerprint density at radius 3 is 2.61 bits per heavy atom. The fourth-order valence-corrected chi connectivity index (χ4v) is 5.18. The first-order chi connectivity index (χ1) is 16.1. The molecule has 2 fully saturated rings. The fourth-order valence-electron chi connectivity index (χ4n) is 5.18. The highest BCUT2D eigenvalue weighted by atomic mass is 16.5. The summed E-state index contributed by atoms with van der Waals surface area (Å²) in [6, 6.07) is 17.9. The van der Waals surface area contributed by atoms with Crippen LogP contribution in [0.1, 0.15) is 50.6 Å². The van der Waals surface area contributed by atoms with Gasteiger partial charge in [-0.05, 0) is 37.5 Å². The van der Waals surface area contributed by atoms with E-state index < -0.39 is 0 Å². The molecule has 0 radical (unpaired) electrons. The van der Waals surface area contributed by atoms with Crippen molar-refractivity contribution in [2.24, 2.45) is 5.92 Å². The molecule has 33 heavy (non-hydrogen) atoms. The fraction of sp³-hybridized carbons (Fsp3) is 0.481. The van der Waals surface area contributed by atoms with Gasteiger partial charge in [-0.2, -0.15) is 0 Å². The third kappa shape index (κ3) is 5.15. The normalized spacial score (nSPS) is 23.0. The summed E-state index contributed by atoms with van der Waals surface area (Å²) < 4.78 is 5.65. The lowest BCUT2D eigenvalue weighted by atomic mass is 9.82. The summed E-state index contributed by atoms with van der Waals surface area (Å²) in [5.74, 6) is 0.763. The smallest absolute Gasteiger partial charge is 0.228 e. The van der Waals surface area contributed by atoms with Crippen molar-refractivity contribution in [3.8, 4) is 5.75 Å². The molecule has 2 aliphatic rings. The molecule has 6 nitrogen and oxygen atoms in total. The molecule has 2 aliphatic heterocycles. The van der Waals surface area contributed by atoms with Crippen LogP contribution in [0.2, 0.25) is 0 Å². The molecule has 4 rings (SSSR count). The minimum Gasteiger partial charge on any atom is -0.496 e. The number of nitrogens with zero attached hydrogens (tertiary/aromatic N) is 2. The van der Waals surface area contributed by atoms with Gasteiger partial charge in [-0.1, -0.05) is 49.7 Å². The second-order valence-corrected chi connectivity index (χ2v) is 9.05. The van der Waals surface area contributed by atoms with E-state index >= 15 is 0 Å². The summed E-state index contributed by atoms with van der Waals surface area (Å²) in [7, 11) is 1.65. The predicted octanol–water partition coefficient (Wildman–Crippen LogP) is 4.49. The maximum atomic E-state index is 13.8. The lowest BCUT2D eigenvalue weighted by molar-refractivity contribution is -0.147. The van der Waals surface area contributed by atoms with Crippen LogP contribution < -0.4 is 10.1 Å². The van der Waals surface area contributed by atoms with Gasteiger partial charge < -0.3 is 19.9 Å². The second-order valence-electron chi connectivity index (χ2n) is 9.05. The molecule has 2 aromatic rings. The highest BCUT2D eigenvalue weighted by molar-refractivity contribution is 5.85. The maximum Gasteiger partial charge on any atom is 0.228 e. The summed E-state index contributed by atoms with van der Waals surface area (Å²) >= 11 is 0. The number of hydrogen-bond donors (Lipinski definition) is 1. The number of likely N-dealkylation sites (tertiary alicyclic amines) is 2. The van der Waals surface area contributed by atoms with E-state index in [1.807, 2.05) is 52.3 Å². The van der Waals surface area contributed by atoms with Gasteiger partial charge >= 0.3 is 0 Å². The van der Waals surface area contributed by atoms with E-state index in [-0.39, 0.29) is 29.8 Å². The summed E-state index contributed by atoms with van der Waals surface area (Å²) in [4.78, 5) is 30.7. The van der Waals surface area contributed by atoms with E-state index in [0.717, 1.165) is 42.8 Å². The Bertz CT molecular complexity index is 949. The molecule has 0 aromatic heterocycles. The minimum atomic E-state index is -0.289. The molecule has 0 aliphatic carbocycles. The van der Waals surface area contributed by atoms with Gasteiger partial charge in [-0.25, -0.2) is 0 Å². The van der Waals surface area contributed by atoms with Gasteiger partial charge in [0.1, 0.15) is 5.75 Å². The number of unbranched alkanes of at least 4 members (excludes halogenated alkanes) is 1. The van der Waals surface area contributed by atoms with Gasteiger partial charge in [0.25, 0.3) is 0 Å². The Hall–Kier alpha value is -3.02. The van der Waals surface area contributed by atoms with Gasteiger partial charge in [-0.3, -0.25) is 9.59 Å². The molecule has 6 heteroatoms. The van der Waals surface area contributed by atoms with Crippen LogP contribution in [0, 0.1) is 5.92 Å². The number of hydrogen-bond acceptors (Lipinski definition) is 4. The number of carbonyl (C=O) groups excluding carboxylic acids is 2. The van der Waals surface area contributed by atoms with Gasteiger partial charge in [0.05, 0.1) is 19.1 Å². The van der Waals surface area contributed by atoms with Gasteiger partial charge in [0.2, 0.25) is 11.8 Å². The van der Waals surface area contributed by atoms with Gasteiger partial charge in [0, 0.05) is 43.3 Å². The van der Waals surface area contributed by atoms with E-state index in [0.29, 0.717) is 25.9 Å². The Labute approximate surface area is 196 Å². The lowest BCUT2D eigenvalue weighted by Gasteiger charge is -2.42. The molecular weight excluding hydrogens is 414 g/mol. The molecule has 0 saturated carbocycles. The zero-order valence-corrected chi connectivity index (χ0v) is 19.7. The summed E-state index contributed by atoms with van der Waals surface area (Å²) in [6.45, 7) is 4.21. The summed E-state index contributed by atoms with van der Waals surface area (Å²) in [6.07, 6.45) is 3.85. The van der Waals surface area contributed by atoms with Gasteiger partial charge in [-0.15, -0.1) is 0 Å². The van der Waals surface area contributed by atoms with Crippen molar-refractivity contribution in [2.45, 2.75) is 51.1 Å². The monoisotopic (exact) mass is 449 g/mol. The first-order valence-electron chi connectivity index (χ1n) is 12.1. The Morgan fingerprint density at radius 2 is 1.85 bits per heavy atom. The lowest BCUT2D eigenvalue weighted by Crippen LogP contribution is -2.49. The van der Waals surface area contributed by atoms with E-state index in [1.165, 1.54) is 0 Å². The Balaban J connectivity index is 1.56. The number of nitrogens with one attached hydrogen (secondary N) is 1. The van der Waals surface area contributed by atoms with Gasteiger partial charge in [0.15, 0.2) is 0 Å². The molecule has 0 bridgehead atoms. The van der Waals surface area contributed by atoms with E-state index in [9.17, 15) is 9.59 Å². The topological polar surface area (TPSA) is 61.9 Å². The first-order valence-corrected chi connectivity index (χ1v) is 12.1. The number of rotatable bonds is 8. The van der Waals surface area contributed by atoms with E-state index in [4.69, 9.17) is 4.74 Å². The number of anilines is 1. The summed E-state index contributed by atoms with van der Waals surface area (Å²) in [5, 5.41) is 3.56. The van der Waals surface area contributed by atoms with Crippen molar-refractivity contribution in [1.82, 2.24) is 9.80 Å². The van der Waals surface area contributed by atoms with Crippen LogP contribution >= 0.6 is 0 Å². The van der Waals surface area contributed by atoms with E-state index in [2.05, 4.69) is 24.4 Å². The average Bonchev–Trinajstić information content (AvgIpc) is 3.31. The van der Waals surface area contributed by atoms with Crippen LogP contribution in [-0.4, -0.2) is 54.4 Å². The third-order valence-corrected chi connectivity index (χ3v) is 6.88. The molecular formula is C27H35N3O3. The zero-order chi connectivity index (χ0) is 23.2. The Morgan fingerprint density at radius 1 is 1.09 bits per heavy atom. The second kappa shape index (κ2) is 10.7. The number of piperidine rings is 1. The number of benzene rings is 2. The van der Waals surface area contributed by atoms with Crippen molar-refractivity contribution in [1.29, 1.82) is 0 Å². The maximum absolute atomic E-state index is 13.8. The van der Waals surface area contributed by atoms with Crippen LogP contribution in [0.25, 0.3) is 0 Å².